The Morgan fingerprint density at radius 3 is 2.12 bits per heavy atom. The molecule has 0 spiro atoms. The van der Waals surface area contributed by atoms with Crippen molar-refractivity contribution in [2.24, 2.45) is 11.8 Å². The largest absolute Gasteiger partial charge is 0.356 e. The third kappa shape index (κ3) is 2.64. The molecule has 1 saturated carbocycles. The van der Waals surface area contributed by atoms with E-state index in [1.165, 1.54) is 24.0 Å². The molecule has 1 aliphatic carbocycles. The molecule has 2 atom stereocenters. The molecule has 2 aromatic heterocycles. The van der Waals surface area contributed by atoms with Crippen LogP contribution in [0.25, 0.3) is 0 Å². The first kappa shape index (κ1) is 15.0. The van der Waals surface area contributed by atoms with Gasteiger partial charge in [0.2, 0.25) is 5.95 Å². The van der Waals surface area contributed by atoms with Crippen molar-refractivity contribution >= 4 is 11.8 Å². The smallest absolute Gasteiger partial charge is 0.225 e. The van der Waals surface area contributed by atoms with Gasteiger partial charge in [-0.3, -0.25) is 0 Å². The van der Waals surface area contributed by atoms with Crippen molar-refractivity contribution in [2.75, 3.05) is 36.0 Å². The quantitative estimate of drug-likeness (QED) is 0.857. The molecule has 25 heavy (non-hydrogen) atoms. The third-order valence-electron chi connectivity index (χ3n) is 6.09. The van der Waals surface area contributed by atoms with E-state index in [2.05, 4.69) is 43.6 Å². The van der Waals surface area contributed by atoms with Crippen LogP contribution in [0.15, 0.2) is 18.7 Å². The lowest BCUT2D eigenvalue weighted by atomic mass is 10.0. The number of anilines is 2. The highest BCUT2D eigenvalue weighted by Crippen LogP contribution is 2.40. The van der Waals surface area contributed by atoms with Crippen LogP contribution in [0.1, 0.15) is 35.6 Å². The number of aromatic nitrogens is 4. The number of hydrogen-bond acceptors (Lipinski definition) is 6. The van der Waals surface area contributed by atoms with E-state index in [-0.39, 0.29) is 0 Å². The fourth-order valence-electron chi connectivity index (χ4n) is 4.30. The molecule has 3 aliphatic rings. The summed E-state index contributed by atoms with van der Waals surface area (Å²) in [5.41, 5.74) is 3.59. The van der Waals surface area contributed by atoms with Gasteiger partial charge in [0.15, 0.2) is 0 Å². The molecule has 6 nitrogen and oxygen atoms in total. The highest BCUT2D eigenvalue weighted by Gasteiger charge is 2.41. The molecular weight excluding hydrogens is 312 g/mol. The van der Waals surface area contributed by atoms with E-state index in [1.54, 1.807) is 6.33 Å². The molecule has 0 radical (unpaired) electrons. The number of fused-ring (bicyclic) bond motifs is 1. The molecule has 0 amide bonds. The normalized spacial score (nSPS) is 25.5. The van der Waals surface area contributed by atoms with Crippen molar-refractivity contribution in [2.45, 2.75) is 32.6 Å². The second kappa shape index (κ2) is 5.64. The topological polar surface area (TPSA) is 58.0 Å². The van der Waals surface area contributed by atoms with Gasteiger partial charge in [-0.2, -0.15) is 0 Å². The van der Waals surface area contributed by atoms with Gasteiger partial charge in [-0.25, -0.2) is 19.9 Å². The summed E-state index contributed by atoms with van der Waals surface area (Å²) in [6.07, 6.45) is 8.36. The Balaban J connectivity index is 1.28. The second-order valence-electron chi connectivity index (χ2n) is 7.83. The number of rotatable bonds is 3. The third-order valence-corrected chi connectivity index (χ3v) is 6.09. The zero-order valence-corrected chi connectivity index (χ0v) is 14.9. The van der Waals surface area contributed by atoms with E-state index >= 15 is 0 Å². The van der Waals surface area contributed by atoms with Crippen LogP contribution in [0.2, 0.25) is 0 Å². The molecule has 4 heterocycles. The van der Waals surface area contributed by atoms with Crippen LogP contribution < -0.4 is 9.80 Å². The Kier molecular flexibility index (Phi) is 3.40. The molecular formula is C19H24N6. The van der Waals surface area contributed by atoms with Crippen molar-refractivity contribution in [3.05, 3.63) is 35.5 Å². The fourth-order valence-corrected chi connectivity index (χ4v) is 4.30. The van der Waals surface area contributed by atoms with E-state index in [9.17, 15) is 0 Å². The summed E-state index contributed by atoms with van der Waals surface area (Å²) in [6, 6.07) is 0. The van der Waals surface area contributed by atoms with Crippen LogP contribution in [-0.2, 0) is 0 Å². The lowest BCUT2D eigenvalue weighted by Crippen LogP contribution is -2.30. The molecule has 3 fully saturated rings. The summed E-state index contributed by atoms with van der Waals surface area (Å²) in [5, 5.41) is 0. The first-order chi connectivity index (χ1) is 12.2. The van der Waals surface area contributed by atoms with Crippen molar-refractivity contribution in [1.29, 1.82) is 0 Å². The summed E-state index contributed by atoms with van der Waals surface area (Å²) in [4.78, 5) is 22.9. The Labute approximate surface area is 148 Å². The summed E-state index contributed by atoms with van der Waals surface area (Å²) < 4.78 is 0. The van der Waals surface area contributed by atoms with Gasteiger partial charge < -0.3 is 9.80 Å². The lowest BCUT2D eigenvalue weighted by molar-refractivity contribution is 0.533. The number of nitrogens with zero attached hydrogens (tertiary/aromatic N) is 6. The zero-order valence-electron chi connectivity index (χ0n) is 14.9. The summed E-state index contributed by atoms with van der Waals surface area (Å²) >= 11 is 0. The minimum Gasteiger partial charge on any atom is -0.356 e. The highest BCUT2D eigenvalue weighted by atomic mass is 15.3. The molecule has 5 rings (SSSR count). The molecule has 2 aromatic rings. The second-order valence-corrected chi connectivity index (χ2v) is 7.83. The lowest BCUT2D eigenvalue weighted by Gasteiger charge is -2.23. The summed E-state index contributed by atoms with van der Waals surface area (Å²) in [7, 11) is 0. The molecule has 6 heteroatoms. The SMILES string of the molecule is Cc1ncnc(N2CC3CN(c4ncc(C5CC5)cn4)CC3C2)c1C. The van der Waals surface area contributed by atoms with Gasteiger partial charge >= 0.3 is 0 Å². The molecule has 0 N–H and O–H groups in total. The van der Waals surface area contributed by atoms with Gasteiger partial charge in [0.1, 0.15) is 12.1 Å². The average Bonchev–Trinajstić information content (AvgIpc) is 3.28. The van der Waals surface area contributed by atoms with Crippen molar-refractivity contribution in [1.82, 2.24) is 19.9 Å². The summed E-state index contributed by atoms with van der Waals surface area (Å²) in [6.45, 7) is 8.42. The van der Waals surface area contributed by atoms with E-state index < -0.39 is 0 Å². The Bertz CT molecular complexity index is 771. The molecule has 2 unspecified atom stereocenters. The monoisotopic (exact) mass is 336 g/mol. The van der Waals surface area contributed by atoms with E-state index in [0.717, 1.165) is 49.6 Å². The minimum absolute atomic E-state index is 0.668. The first-order valence-corrected chi connectivity index (χ1v) is 9.29. The Morgan fingerprint density at radius 1 is 0.840 bits per heavy atom. The van der Waals surface area contributed by atoms with E-state index in [1.807, 2.05) is 12.4 Å². The summed E-state index contributed by atoms with van der Waals surface area (Å²) in [5.74, 6) is 4.07. The van der Waals surface area contributed by atoms with Gasteiger partial charge in [0.05, 0.1) is 0 Å². The minimum atomic E-state index is 0.668. The molecule has 0 aromatic carbocycles. The van der Waals surface area contributed by atoms with Crippen LogP contribution >= 0.6 is 0 Å². The molecule has 130 valence electrons. The predicted octanol–water partition coefficient (Wildman–Crippen LogP) is 2.33. The van der Waals surface area contributed by atoms with Crippen molar-refractivity contribution < 1.29 is 0 Å². The molecule has 2 aliphatic heterocycles. The van der Waals surface area contributed by atoms with Crippen LogP contribution in [-0.4, -0.2) is 46.1 Å². The average molecular weight is 336 g/mol. The predicted molar refractivity (Wildman–Crippen MR) is 96.9 cm³/mol. The first-order valence-electron chi connectivity index (χ1n) is 9.29. The molecule has 2 saturated heterocycles. The van der Waals surface area contributed by atoms with Crippen LogP contribution in [0, 0.1) is 25.7 Å². The van der Waals surface area contributed by atoms with E-state index in [4.69, 9.17) is 0 Å². The molecule has 0 bridgehead atoms. The van der Waals surface area contributed by atoms with Gasteiger partial charge in [0.25, 0.3) is 0 Å². The van der Waals surface area contributed by atoms with Gasteiger partial charge in [-0.1, -0.05) is 0 Å². The van der Waals surface area contributed by atoms with Crippen LogP contribution in [0.3, 0.4) is 0 Å². The van der Waals surface area contributed by atoms with Crippen molar-refractivity contribution in [3.8, 4) is 0 Å². The number of aryl methyl sites for hydroxylation is 1. The standard InChI is InChI=1S/C19H24N6/c1-12-13(2)22-11-23-18(12)24-7-16-9-25(10-17(16)8-24)19-20-5-15(6-21-19)14-3-4-14/h5-6,11,14,16-17H,3-4,7-10H2,1-2H3. The Morgan fingerprint density at radius 2 is 1.48 bits per heavy atom. The highest BCUT2D eigenvalue weighted by molar-refractivity contribution is 5.49. The van der Waals surface area contributed by atoms with Gasteiger partial charge in [0, 0.05) is 61.7 Å². The maximum atomic E-state index is 4.63. The maximum absolute atomic E-state index is 4.63. The Hall–Kier alpha value is -2.24. The van der Waals surface area contributed by atoms with Crippen LogP contribution in [0.4, 0.5) is 11.8 Å². The maximum Gasteiger partial charge on any atom is 0.225 e. The zero-order chi connectivity index (χ0) is 17.0. The van der Waals surface area contributed by atoms with Crippen LogP contribution in [0.5, 0.6) is 0 Å². The van der Waals surface area contributed by atoms with Gasteiger partial charge in [-0.05, 0) is 38.2 Å². The fraction of sp³-hybridized carbons (Fsp3) is 0.579. The van der Waals surface area contributed by atoms with Gasteiger partial charge in [-0.15, -0.1) is 0 Å². The van der Waals surface area contributed by atoms with E-state index in [0.29, 0.717) is 11.8 Å². The van der Waals surface area contributed by atoms with Crippen molar-refractivity contribution in [3.63, 3.8) is 0 Å². The number of hydrogen-bond donors (Lipinski definition) is 0.